The van der Waals surface area contributed by atoms with Crippen LogP contribution in [0.4, 0.5) is 0 Å². The van der Waals surface area contributed by atoms with Gasteiger partial charge in [0.05, 0.1) is 12.1 Å². The van der Waals surface area contributed by atoms with E-state index in [-0.39, 0.29) is 12.1 Å². The smallest absolute Gasteiger partial charge is 0.181 e. The summed E-state index contributed by atoms with van der Waals surface area (Å²) in [7, 11) is 0. The summed E-state index contributed by atoms with van der Waals surface area (Å²) >= 11 is 0. The van der Waals surface area contributed by atoms with Gasteiger partial charge < -0.3 is 20.9 Å². The number of hydrogen-bond acceptors (Lipinski definition) is 4. The van der Waals surface area contributed by atoms with Crippen LogP contribution in [0.2, 0.25) is 0 Å². The molecule has 6 rings (SSSR count). The molecule has 4 heteroatoms. The first-order valence-corrected chi connectivity index (χ1v) is 13.5. The van der Waals surface area contributed by atoms with Gasteiger partial charge in [0, 0.05) is 12.5 Å². The zero-order valence-corrected chi connectivity index (χ0v) is 20.3. The molecule has 0 aromatic rings. The van der Waals surface area contributed by atoms with Gasteiger partial charge in [-0.1, -0.05) is 27.7 Å². The molecular formula is C27H46N2O2. The summed E-state index contributed by atoms with van der Waals surface area (Å²) in [5.74, 6) is 3.88. The predicted octanol–water partition coefficient (Wildman–Crippen LogP) is 4.30. The van der Waals surface area contributed by atoms with E-state index in [0.717, 1.165) is 36.6 Å². The first-order chi connectivity index (χ1) is 14.7. The van der Waals surface area contributed by atoms with Gasteiger partial charge >= 0.3 is 0 Å². The van der Waals surface area contributed by atoms with E-state index in [1.165, 1.54) is 51.4 Å². The quantitative estimate of drug-likeness (QED) is 0.536. The van der Waals surface area contributed by atoms with Gasteiger partial charge in [-0.3, -0.25) is 0 Å². The third-order valence-electron chi connectivity index (χ3n) is 12.1. The largest absolute Gasteiger partial charge is 0.364 e. The standard InChI is InChI=1S/C27H46N2O2/c1-15-13-27(30)24(29-14-15)16(2)23-22(31-27)12-21-19-6-5-17-11-18(28)7-9-25(17,3)20(19)8-10-26(21,23)4/h15-24,29-30H,5-14,28H2,1-4H3/t15-,16+,17+,18+,19-,20+,21+,22-,23?,24-,25+,26+,27+/m1/s1. The summed E-state index contributed by atoms with van der Waals surface area (Å²) in [5, 5.41) is 15.3. The van der Waals surface area contributed by atoms with Crippen LogP contribution in [0.3, 0.4) is 0 Å². The van der Waals surface area contributed by atoms with Crippen molar-refractivity contribution in [3.8, 4) is 0 Å². The topological polar surface area (TPSA) is 67.5 Å². The van der Waals surface area contributed by atoms with Crippen molar-refractivity contribution in [3.63, 3.8) is 0 Å². The van der Waals surface area contributed by atoms with Gasteiger partial charge in [-0.25, -0.2) is 0 Å². The average molecular weight is 431 g/mol. The van der Waals surface area contributed by atoms with Crippen molar-refractivity contribution in [2.45, 2.75) is 109 Å². The molecule has 0 spiro atoms. The third kappa shape index (κ3) is 2.87. The SMILES string of the molecule is C[C@H]1CN[C@@H]2[C@@H](C)C3[C@@H](C[C@H]4[C@@H]5CC[C@H]6C[C@@H](N)CC[C@]6(C)[C@H]5CC[C@]34C)O[C@@]2(O)C1. The van der Waals surface area contributed by atoms with Crippen molar-refractivity contribution in [2.24, 2.45) is 58.0 Å². The molecule has 4 saturated carbocycles. The minimum Gasteiger partial charge on any atom is -0.364 e. The Kier molecular flexibility index (Phi) is 4.78. The van der Waals surface area contributed by atoms with E-state index < -0.39 is 5.79 Å². The van der Waals surface area contributed by atoms with Gasteiger partial charge in [-0.15, -0.1) is 0 Å². The highest BCUT2D eigenvalue weighted by atomic mass is 16.6. The van der Waals surface area contributed by atoms with Crippen LogP contribution in [0.25, 0.3) is 0 Å². The lowest BCUT2D eigenvalue weighted by molar-refractivity contribution is -0.310. The molecule has 2 heterocycles. The molecule has 0 aromatic heterocycles. The maximum Gasteiger partial charge on any atom is 0.181 e. The highest BCUT2D eigenvalue weighted by Gasteiger charge is 2.67. The molecule has 4 N–H and O–H groups in total. The van der Waals surface area contributed by atoms with Crippen LogP contribution in [0, 0.1) is 52.3 Å². The normalized spacial score (nSPS) is 63.3. The Morgan fingerprint density at radius 1 is 0.968 bits per heavy atom. The Morgan fingerprint density at radius 2 is 1.74 bits per heavy atom. The molecule has 13 atom stereocenters. The molecule has 0 bridgehead atoms. The summed E-state index contributed by atoms with van der Waals surface area (Å²) in [6, 6.07) is 0.525. The number of aliphatic hydroxyl groups is 1. The van der Waals surface area contributed by atoms with Crippen molar-refractivity contribution >= 4 is 0 Å². The van der Waals surface area contributed by atoms with Crippen molar-refractivity contribution in [3.05, 3.63) is 0 Å². The van der Waals surface area contributed by atoms with Gasteiger partial charge in [0.25, 0.3) is 0 Å². The molecule has 4 aliphatic carbocycles. The molecular weight excluding hydrogens is 384 g/mol. The molecule has 31 heavy (non-hydrogen) atoms. The van der Waals surface area contributed by atoms with Gasteiger partial charge in [-0.2, -0.15) is 0 Å². The maximum absolute atomic E-state index is 11.6. The molecule has 6 aliphatic rings. The van der Waals surface area contributed by atoms with Crippen molar-refractivity contribution in [1.82, 2.24) is 5.32 Å². The Balaban J connectivity index is 1.30. The highest BCUT2D eigenvalue weighted by Crippen LogP contribution is 2.69. The number of rotatable bonds is 0. The van der Waals surface area contributed by atoms with E-state index in [1.54, 1.807) is 0 Å². The Morgan fingerprint density at radius 3 is 2.55 bits per heavy atom. The van der Waals surface area contributed by atoms with Crippen LogP contribution < -0.4 is 11.1 Å². The molecule has 6 fully saturated rings. The van der Waals surface area contributed by atoms with E-state index in [1.807, 2.05) is 0 Å². The number of nitrogens with one attached hydrogen (secondary N) is 1. The van der Waals surface area contributed by atoms with E-state index in [9.17, 15) is 5.11 Å². The molecule has 1 unspecified atom stereocenters. The van der Waals surface area contributed by atoms with Crippen LogP contribution in [0.15, 0.2) is 0 Å². The average Bonchev–Trinajstić information content (AvgIpc) is 2.99. The lowest BCUT2D eigenvalue weighted by atomic mass is 9.44. The zero-order valence-electron chi connectivity index (χ0n) is 20.3. The van der Waals surface area contributed by atoms with E-state index in [4.69, 9.17) is 10.5 Å². The van der Waals surface area contributed by atoms with Crippen LogP contribution in [0.1, 0.15) is 85.5 Å². The fraction of sp³-hybridized carbons (Fsp3) is 1.00. The minimum absolute atomic E-state index is 0.0892. The van der Waals surface area contributed by atoms with Crippen LogP contribution in [-0.2, 0) is 4.74 Å². The second kappa shape index (κ2) is 6.93. The number of hydrogen-bond donors (Lipinski definition) is 3. The van der Waals surface area contributed by atoms with Crippen molar-refractivity contribution in [2.75, 3.05) is 6.54 Å². The lowest BCUT2D eigenvalue weighted by Crippen LogP contribution is -2.68. The maximum atomic E-state index is 11.6. The number of ether oxygens (including phenoxy) is 1. The Hall–Kier alpha value is -0.160. The number of nitrogens with two attached hydrogens (primary N) is 1. The number of piperidine rings is 1. The summed E-state index contributed by atoms with van der Waals surface area (Å²) < 4.78 is 6.70. The fourth-order valence-corrected chi connectivity index (χ4v) is 10.8. The van der Waals surface area contributed by atoms with Crippen molar-refractivity contribution < 1.29 is 9.84 Å². The first kappa shape index (κ1) is 21.4. The summed E-state index contributed by atoms with van der Waals surface area (Å²) in [5.41, 5.74) is 7.27. The van der Waals surface area contributed by atoms with Crippen LogP contribution >= 0.6 is 0 Å². The molecule has 4 nitrogen and oxygen atoms in total. The highest BCUT2D eigenvalue weighted by molar-refractivity contribution is 5.15. The molecule has 2 saturated heterocycles. The number of fused-ring (bicyclic) bond motifs is 8. The van der Waals surface area contributed by atoms with E-state index in [2.05, 4.69) is 33.0 Å². The van der Waals surface area contributed by atoms with Crippen LogP contribution in [-0.4, -0.2) is 35.6 Å². The minimum atomic E-state index is -0.968. The predicted molar refractivity (Wildman–Crippen MR) is 123 cm³/mol. The van der Waals surface area contributed by atoms with Crippen molar-refractivity contribution in [1.29, 1.82) is 0 Å². The zero-order chi connectivity index (χ0) is 21.8. The summed E-state index contributed by atoms with van der Waals surface area (Å²) in [4.78, 5) is 0. The summed E-state index contributed by atoms with van der Waals surface area (Å²) in [6.07, 6.45) is 11.5. The van der Waals surface area contributed by atoms with Gasteiger partial charge in [0.15, 0.2) is 5.79 Å². The molecule has 2 aliphatic heterocycles. The third-order valence-corrected chi connectivity index (χ3v) is 12.1. The fourth-order valence-electron chi connectivity index (χ4n) is 10.8. The van der Waals surface area contributed by atoms with E-state index in [0.29, 0.717) is 34.6 Å². The first-order valence-electron chi connectivity index (χ1n) is 13.5. The molecule has 176 valence electrons. The molecule has 0 radical (unpaired) electrons. The monoisotopic (exact) mass is 430 g/mol. The van der Waals surface area contributed by atoms with Crippen LogP contribution in [0.5, 0.6) is 0 Å². The second-order valence-electron chi connectivity index (χ2n) is 13.6. The second-order valence-corrected chi connectivity index (χ2v) is 13.6. The Bertz CT molecular complexity index is 730. The lowest BCUT2D eigenvalue weighted by Gasteiger charge is -2.62. The van der Waals surface area contributed by atoms with Gasteiger partial charge in [0.1, 0.15) is 0 Å². The molecule has 0 amide bonds. The molecule has 0 aromatic carbocycles. The van der Waals surface area contributed by atoms with E-state index >= 15 is 0 Å². The van der Waals surface area contributed by atoms with Gasteiger partial charge in [0.2, 0.25) is 0 Å². The summed E-state index contributed by atoms with van der Waals surface area (Å²) in [6.45, 7) is 10.9. The Labute approximate surface area is 189 Å². The van der Waals surface area contributed by atoms with Gasteiger partial charge in [-0.05, 0) is 110 Å².